The maximum atomic E-state index is 14.2. The predicted octanol–water partition coefficient (Wildman–Crippen LogP) is 6.03. The van der Waals surface area contributed by atoms with Gasteiger partial charge in [0, 0.05) is 5.69 Å². The minimum Gasteiger partial charge on any atom is -0.372 e. The number of nitrogens with one attached hydrogen (secondary N) is 1. The molecule has 1 unspecified atom stereocenters. The molecule has 2 aromatic carbocycles. The third-order valence-electron chi connectivity index (χ3n) is 5.15. The Morgan fingerprint density at radius 3 is 2.63 bits per heavy atom. The Kier molecular flexibility index (Phi) is 5.82. The van der Waals surface area contributed by atoms with Crippen molar-refractivity contribution in [2.75, 3.05) is 5.32 Å². The second kappa shape index (κ2) is 8.10. The van der Waals surface area contributed by atoms with Crippen molar-refractivity contribution in [2.24, 2.45) is 0 Å². The van der Waals surface area contributed by atoms with Crippen molar-refractivity contribution in [1.29, 1.82) is 5.26 Å². The van der Waals surface area contributed by atoms with E-state index in [4.69, 9.17) is 4.74 Å². The Labute approximate surface area is 161 Å². The van der Waals surface area contributed by atoms with Crippen LogP contribution in [0.15, 0.2) is 36.4 Å². The fraction of sp³-hybridized carbons (Fsp3) is 0.435. The molecule has 0 radical (unpaired) electrons. The van der Waals surface area contributed by atoms with Gasteiger partial charge in [-0.2, -0.15) is 5.26 Å². The Balaban J connectivity index is 1.70. The van der Waals surface area contributed by atoms with Crippen molar-refractivity contribution >= 4 is 11.4 Å². The summed E-state index contributed by atoms with van der Waals surface area (Å²) in [7, 11) is 0. The van der Waals surface area contributed by atoms with Crippen LogP contribution in [0.5, 0.6) is 0 Å². The van der Waals surface area contributed by atoms with Crippen LogP contribution in [0, 0.1) is 24.1 Å². The summed E-state index contributed by atoms with van der Waals surface area (Å²) in [5.41, 5.74) is 3.75. The van der Waals surface area contributed by atoms with E-state index in [1.165, 1.54) is 12.1 Å². The standard InChI is InChI=1S/C23H27FN2O/c1-16-7-9-19(10-8-16)26-22-14-18(24)13-17(21(22)15-25)5-4-6-20-11-12-23(2,3)27-20/h7-10,13-14,20,26H,4-6,11-12H2,1-3H3. The summed E-state index contributed by atoms with van der Waals surface area (Å²) in [6, 6.07) is 13.0. The number of rotatable bonds is 6. The van der Waals surface area contributed by atoms with E-state index in [1.807, 2.05) is 31.2 Å². The van der Waals surface area contributed by atoms with Gasteiger partial charge >= 0.3 is 0 Å². The molecule has 3 rings (SSSR count). The third kappa shape index (κ3) is 5.08. The van der Waals surface area contributed by atoms with Crippen molar-refractivity contribution in [1.82, 2.24) is 0 Å². The number of hydrogen-bond acceptors (Lipinski definition) is 3. The summed E-state index contributed by atoms with van der Waals surface area (Å²) in [4.78, 5) is 0. The highest BCUT2D eigenvalue weighted by molar-refractivity contribution is 5.68. The van der Waals surface area contributed by atoms with Gasteiger partial charge in [-0.05, 0) is 82.7 Å². The zero-order valence-corrected chi connectivity index (χ0v) is 16.3. The molecular weight excluding hydrogens is 339 g/mol. The van der Waals surface area contributed by atoms with Gasteiger partial charge in [0.15, 0.2) is 0 Å². The molecule has 1 fully saturated rings. The molecule has 0 spiro atoms. The molecule has 142 valence electrons. The van der Waals surface area contributed by atoms with Gasteiger partial charge in [0.25, 0.3) is 0 Å². The maximum Gasteiger partial charge on any atom is 0.125 e. The number of halogens is 1. The largest absolute Gasteiger partial charge is 0.372 e. The van der Waals surface area contributed by atoms with Crippen LogP contribution in [0.3, 0.4) is 0 Å². The first-order chi connectivity index (χ1) is 12.9. The molecular formula is C23H27FN2O. The molecule has 0 bridgehead atoms. The van der Waals surface area contributed by atoms with Crippen LogP contribution >= 0.6 is 0 Å². The number of ether oxygens (including phenoxy) is 1. The monoisotopic (exact) mass is 366 g/mol. The van der Waals surface area contributed by atoms with Crippen molar-refractivity contribution in [3.8, 4) is 6.07 Å². The quantitative estimate of drug-likeness (QED) is 0.679. The van der Waals surface area contributed by atoms with Crippen LogP contribution in [0.1, 0.15) is 56.2 Å². The Morgan fingerprint density at radius 2 is 2.00 bits per heavy atom. The topological polar surface area (TPSA) is 45.0 Å². The minimum atomic E-state index is -0.322. The molecule has 1 aliphatic rings. The van der Waals surface area contributed by atoms with Crippen molar-refractivity contribution in [2.45, 2.75) is 64.6 Å². The zero-order chi connectivity index (χ0) is 19.4. The van der Waals surface area contributed by atoms with E-state index in [2.05, 4.69) is 25.2 Å². The minimum absolute atomic E-state index is 0.0353. The van der Waals surface area contributed by atoms with Crippen LogP contribution in [-0.2, 0) is 11.2 Å². The summed E-state index contributed by atoms with van der Waals surface area (Å²) in [6.07, 6.45) is 4.90. The number of hydrogen-bond donors (Lipinski definition) is 1. The molecule has 0 aliphatic carbocycles. The fourth-order valence-corrected chi connectivity index (χ4v) is 3.68. The highest BCUT2D eigenvalue weighted by Gasteiger charge is 2.31. The smallest absolute Gasteiger partial charge is 0.125 e. The SMILES string of the molecule is Cc1ccc(Nc2cc(F)cc(CCCC3CCC(C)(C)O3)c2C#N)cc1. The third-order valence-corrected chi connectivity index (χ3v) is 5.15. The molecule has 1 heterocycles. The highest BCUT2D eigenvalue weighted by Crippen LogP contribution is 2.32. The molecule has 1 aliphatic heterocycles. The van der Waals surface area contributed by atoms with Crippen molar-refractivity contribution in [3.05, 3.63) is 58.9 Å². The van der Waals surface area contributed by atoms with Gasteiger partial charge in [-0.15, -0.1) is 0 Å². The lowest BCUT2D eigenvalue weighted by atomic mass is 9.98. The Hall–Kier alpha value is -2.38. The lowest BCUT2D eigenvalue weighted by molar-refractivity contribution is -0.0188. The van der Waals surface area contributed by atoms with E-state index in [9.17, 15) is 9.65 Å². The average molecular weight is 366 g/mol. The van der Waals surface area contributed by atoms with Crippen molar-refractivity contribution < 1.29 is 9.13 Å². The highest BCUT2D eigenvalue weighted by atomic mass is 19.1. The van der Waals surface area contributed by atoms with Gasteiger partial charge in [0.1, 0.15) is 11.9 Å². The molecule has 3 nitrogen and oxygen atoms in total. The molecule has 2 aromatic rings. The van der Waals surface area contributed by atoms with E-state index in [0.29, 0.717) is 17.7 Å². The summed E-state index contributed by atoms with van der Waals surface area (Å²) in [5, 5.41) is 12.8. The Morgan fingerprint density at radius 1 is 1.26 bits per heavy atom. The van der Waals surface area contributed by atoms with E-state index >= 15 is 0 Å². The van der Waals surface area contributed by atoms with E-state index in [-0.39, 0.29) is 17.5 Å². The van der Waals surface area contributed by atoms with Crippen molar-refractivity contribution in [3.63, 3.8) is 0 Å². The number of nitrogens with zero attached hydrogens (tertiary/aromatic N) is 1. The summed E-state index contributed by atoms with van der Waals surface area (Å²) >= 11 is 0. The molecule has 1 N–H and O–H groups in total. The lowest BCUT2D eigenvalue weighted by Gasteiger charge is -2.19. The molecule has 27 heavy (non-hydrogen) atoms. The van der Waals surface area contributed by atoms with Gasteiger partial charge < -0.3 is 10.1 Å². The first-order valence-electron chi connectivity index (χ1n) is 9.60. The Bertz CT molecular complexity index is 837. The summed E-state index contributed by atoms with van der Waals surface area (Å²) < 4.78 is 20.2. The number of aryl methyl sites for hydroxylation is 2. The number of benzene rings is 2. The van der Waals surface area contributed by atoms with Crippen LogP contribution < -0.4 is 5.32 Å². The average Bonchev–Trinajstić information content (AvgIpc) is 2.96. The van der Waals surface area contributed by atoms with Gasteiger partial charge in [-0.1, -0.05) is 17.7 Å². The molecule has 1 saturated heterocycles. The van der Waals surface area contributed by atoms with Gasteiger partial charge in [0.2, 0.25) is 0 Å². The number of anilines is 2. The molecule has 1 atom stereocenters. The number of nitriles is 1. The van der Waals surface area contributed by atoms with Crippen LogP contribution in [-0.4, -0.2) is 11.7 Å². The summed E-state index contributed by atoms with van der Waals surface area (Å²) in [6.45, 7) is 6.26. The lowest BCUT2D eigenvalue weighted by Crippen LogP contribution is -2.19. The van der Waals surface area contributed by atoms with E-state index < -0.39 is 0 Å². The molecule has 0 saturated carbocycles. The normalized spacial score (nSPS) is 18.3. The second-order valence-electron chi connectivity index (χ2n) is 8.02. The van der Waals surface area contributed by atoms with Crippen LogP contribution in [0.25, 0.3) is 0 Å². The first-order valence-corrected chi connectivity index (χ1v) is 9.60. The summed E-state index contributed by atoms with van der Waals surface area (Å²) in [5.74, 6) is -0.322. The van der Waals surface area contributed by atoms with Crippen LogP contribution in [0.2, 0.25) is 0 Å². The molecule has 4 heteroatoms. The van der Waals surface area contributed by atoms with Gasteiger partial charge in [-0.25, -0.2) is 4.39 Å². The predicted molar refractivity (Wildman–Crippen MR) is 107 cm³/mol. The second-order valence-corrected chi connectivity index (χ2v) is 8.02. The van der Waals surface area contributed by atoms with Crippen LogP contribution in [0.4, 0.5) is 15.8 Å². The molecule has 0 amide bonds. The maximum absolute atomic E-state index is 14.2. The zero-order valence-electron chi connectivity index (χ0n) is 16.3. The first kappa shape index (κ1) is 19.4. The van der Waals surface area contributed by atoms with Gasteiger partial charge in [0.05, 0.1) is 23.0 Å². The fourth-order valence-electron chi connectivity index (χ4n) is 3.68. The molecule has 0 aromatic heterocycles. The van der Waals surface area contributed by atoms with Gasteiger partial charge in [-0.3, -0.25) is 0 Å². The van der Waals surface area contributed by atoms with E-state index in [1.54, 1.807) is 0 Å². The van der Waals surface area contributed by atoms with E-state index in [0.717, 1.165) is 42.5 Å².